The smallest absolute Gasteiger partial charge is 0.371 e. The highest BCUT2D eigenvalue weighted by atomic mass is 16.4. The van der Waals surface area contributed by atoms with Crippen molar-refractivity contribution in [3.8, 4) is 0 Å². The second-order valence-electron chi connectivity index (χ2n) is 3.79. The van der Waals surface area contributed by atoms with Crippen molar-refractivity contribution in [2.45, 2.75) is 25.8 Å². The van der Waals surface area contributed by atoms with Crippen LogP contribution in [0.3, 0.4) is 0 Å². The van der Waals surface area contributed by atoms with Crippen molar-refractivity contribution in [1.29, 1.82) is 0 Å². The molecule has 1 aromatic rings. The Hall–Kier alpha value is -1.78. The first-order chi connectivity index (χ1) is 7.63. The predicted molar refractivity (Wildman–Crippen MR) is 55.4 cm³/mol. The summed E-state index contributed by atoms with van der Waals surface area (Å²) in [4.78, 5) is 24.2. The second kappa shape index (κ2) is 4.00. The molecule has 1 heterocycles. The minimum atomic E-state index is -1.16. The van der Waals surface area contributed by atoms with E-state index in [9.17, 15) is 9.59 Å². The number of carboxylic acid groups (broad SMARTS) is 1. The van der Waals surface area contributed by atoms with Gasteiger partial charge in [0.1, 0.15) is 0 Å². The Morgan fingerprint density at radius 1 is 1.44 bits per heavy atom. The average Bonchev–Trinajstić information content (AvgIpc) is 2.96. The van der Waals surface area contributed by atoms with E-state index in [0.717, 1.165) is 12.8 Å². The quantitative estimate of drug-likeness (QED) is 0.841. The van der Waals surface area contributed by atoms with Crippen molar-refractivity contribution >= 4 is 11.9 Å². The summed E-state index contributed by atoms with van der Waals surface area (Å²) >= 11 is 0. The summed E-state index contributed by atoms with van der Waals surface area (Å²) in [6.45, 7) is 2.52. The number of hydrogen-bond donors (Lipinski definition) is 1. The highest BCUT2D eigenvalue weighted by molar-refractivity contribution is 5.93. The van der Waals surface area contributed by atoms with E-state index in [1.54, 1.807) is 4.90 Å². The molecule has 0 unspecified atom stereocenters. The van der Waals surface area contributed by atoms with Gasteiger partial charge in [-0.05, 0) is 31.9 Å². The molecule has 0 bridgehead atoms. The average molecular weight is 223 g/mol. The standard InChI is InChI=1S/C11H13NO4/c1-2-12(7-3-4-7)10(13)8-5-6-9(16-8)11(14)15/h5-7H,2-4H2,1H3,(H,14,15). The number of aromatic carboxylic acids is 1. The fourth-order valence-electron chi connectivity index (χ4n) is 1.66. The third-order valence-corrected chi connectivity index (χ3v) is 2.62. The van der Waals surface area contributed by atoms with E-state index in [0.29, 0.717) is 12.6 Å². The SMILES string of the molecule is CCN(C(=O)c1ccc(C(=O)O)o1)C1CC1. The fourth-order valence-corrected chi connectivity index (χ4v) is 1.66. The predicted octanol–water partition coefficient (Wildman–Crippen LogP) is 1.60. The zero-order valence-electron chi connectivity index (χ0n) is 8.97. The number of amides is 1. The van der Waals surface area contributed by atoms with Gasteiger partial charge in [-0.2, -0.15) is 0 Å². The first-order valence-corrected chi connectivity index (χ1v) is 5.27. The number of rotatable bonds is 4. The molecule has 5 heteroatoms. The summed E-state index contributed by atoms with van der Waals surface area (Å²) in [5.41, 5.74) is 0. The number of carbonyl (C=O) groups is 2. The topological polar surface area (TPSA) is 70.8 Å². The van der Waals surface area contributed by atoms with Crippen LogP contribution in [0.25, 0.3) is 0 Å². The van der Waals surface area contributed by atoms with Crippen molar-refractivity contribution < 1.29 is 19.1 Å². The first-order valence-electron chi connectivity index (χ1n) is 5.27. The van der Waals surface area contributed by atoms with Gasteiger partial charge in [-0.15, -0.1) is 0 Å². The molecule has 0 aromatic carbocycles. The van der Waals surface area contributed by atoms with Crippen LogP contribution in [0, 0.1) is 0 Å². The molecule has 0 atom stereocenters. The van der Waals surface area contributed by atoms with Crippen molar-refractivity contribution in [3.05, 3.63) is 23.7 Å². The number of nitrogens with zero attached hydrogens (tertiary/aromatic N) is 1. The summed E-state index contributed by atoms with van der Waals surface area (Å²) in [6, 6.07) is 3.02. The third-order valence-electron chi connectivity index (χ3n) is 2.62. The lowest BCUT2D eigenvalue weighted by Gasteiger charge is -2.18. The van der Waals surface area contributed by atoms with Crippen LogP contribution in [0.1, 0.15) is 40.9 Å². The molecular weight excluding hydrogens is 210 g/mol. The molecule has 1 aromatic heterocycles. The molecule has 1 saturated carbocycles. The molecule has 1 fully saturated rings. The third kappa shape index (κ3) is 1.93. The van der Waals surface area contributed by atoms with E-state index >= 15 is 0 Å². The van der Waals surface area contributed by atoms with Gasteiger partial charge in [-0.3, -0.25) is 4.79 Å². The maximum absolute atomic E-state index is 11.9. The zero-order chi connectivity index (χ0) is 11.7. The lowest BCUT2D eigenvalue weighted by atomic mass is 10.3. The van der Waals surface area contributed by atoms with E-state index in [-0.39, 0.29) is 17.4 Å². The normalized spacial score (nSPS) is 14.8. The first kappa shape index (κ1) is 10.7. The van der Waals surface area contributed by atoms with Crippen molar-refractivity contribution in [2.75, 3.05) is 6.54 Å². The largest absolute Gasteiger partial charge is 0.475 e. The Kier molecular flexibility index (Phi) is 2.68. The fraction of sp³-hybridized carbons (Fsp3) is 0.455. The Morgan fingerprint density at radius 2 is 2.06 bits per heavy atom. The van der Waals surface area contributed by atoms with Gasteiger partial charge in [-0.1, -0.05) is 0 Å². The van der Waals surface area contributed by atoms with E-state index in [1.807, 2.05) is 6.92 Å². The Bertz CT molecular complexity index is 419. The van der Waals surface area contributed by atoms with Gasteiger partial charge >= 0.3 is 5.97 Å². The summed E-state index contributed by atoms with van der Waals surface area (Å²) in [7, 11) is 0. The van der Waals surface area contributed by atoms with Gasteiger partial charge in [0.15, 0.2) is 5.76 Å². The van der Waals surface area contributed by atoms with Crippen LogP contribution in [0.5, 0.6) is 0 Å². The van der Waals surface area contributed by atoms with E-state index in [1.165, 1.54) is 12.1 Å². The number of carbonyl (C=O) groups excluding carboxylic acids is 1. The molecule has 1 N–H and O–H groups in total. The van der Waals surface area contributed by atoms with Gasteiger partial charge in [0, 0.05) is 12.6 Å². The molecule has 0 radical (unpaired) electrons. The second-order valence-corrected chi connectivity index (χ2v) is 3.79. The Morgan fingerprint density at radius 3 is 2.50 bits per heavy atom. The molecule has 1 aliphatic rings. The molecular formula is C11H13NO4. The van der Waals surface area contributed by atoms with Crippen LogP contribution in [-0.2, 0) is 0 Å². The summed E-state index contributed by atoms with van der Waals surface area (Å²) in [5.74, 6) is -1.48. The zero-order valence-corrected chi connectivity index (χ0v) is 8.97. The molecule has 2 rings (SSSR count). The summed E-state index contributed by atoms with van der Waals surface area (Å²) in [6.07, 6.45) is 2.04. The molecule has 0 saturated heterocycles. The number of furan rings is 1. The molecule has 1 aliphatic carbocycles. The van der Waals surface area contributed by atoms with Crippen LogP contribution in [-0.4, -0.2) is 34.5 Å². The molecule has 16 heavy (non-hydrogen) atoms. The molecule has 0 aliphatic heterocycles. The van der Waals surface area contributed by atoms with E-state index < -0.39 is 5.97 Å². The molecule has 0 spiro atoms. The van der Waals surface area contributed by atoms with Crippen molar-refractivity contribution in [2.24, 2.45) is 0 Å². The highest BCUT2D eigenvalue weighted by Gasteiger charge is 2.33. The van der Waals surface area contributed by atoms with Crippen molar-refractivity contribution in [1.82, 2.24) is 4.90 Å². The maximum Gasteiger partial charge on any atom is 0.371 e. The van der Waals surface area contributed by atoms with Gasteiger partial charge in [0.05, 0.1) is 0 Å². The Balaban J connectivity index is 2.15. The van der Waals surface area contributed by atoms with Gasteiger partial charge < -0.3 is 14.4 Å². The van der Waals surface area contributed by atoms with Crippen molar-refractivity contribution in [3.63, 3.8) is 0 Å². The lowest BCUT2D eigenvalue weighted by molar-refractivity contribution is 0.0649. The number of hydrogen-bond acceptors (Lipinski definition) is 3. The van der Waals surface area contributed by atoms with Crippen LogP contribution in [0.15, 0.2) is 16.5 Å². The minimum absolute atomic E-state index is 0.103. The number of carboxylic acids is 1. The molecule has 5 nitrogen and oxygen atoms in total. The monoisotopic (exact) mass is 223 g/mol. The summed E-state index contributed by atoms with van der Waals surface area (Å²) < 4.78 is 4.98. The van der Waals surface area contributed by atoms with Gasteiger partial charge in [-0.25, -0.2) is 4.79 Å². The minimum Gasteiger partial charge on any atom is -0.475 e. The van der Waals surface area contributed by atoms with Gasteiger partial charge in [0.2, 0.25) is 5.76 Å². The maximum atomic E-state index is 11.9. The van der Waals surface area contributed by atoms with E-state index in [2.05, 4.69) is 0 Å². The van der Waals surface area contributed by atoms with Crippen LogP contribution in [0.4, 0.5) is 0 Å². The lowest BCUT2D eigenvalue weighted by Crippen LogP contribution is -2.32. The van der Waals surface area contributed by atoms with Crippen LogP contribution >= 0.6 is 0 Å². The van der Waals surface area contributed by atoms with Gasteiger partial charge in [0.25, 0.3) is 5.91 Å². The van der Waals surface area contributed by atoms with Crippen LogP contribution < -0.4 is 0 Å². The molecule has 1 amide bonds. The molecule has 86 valence electrons. The Labute approximate surface area is 92.7 Å². The van der Waals surface area contributed by atoms with E-state index in [4.69, 9.17) is 9.52 Å². The highest BCUT2D eigenvalue weighted by Crippen LogP contribution is 2.28. The van der Waals surface area contributed by atoms with Crippen LogP contribution in [0.2, 0.25) is 0 Å². The summed E-state index contributed by atoms with van der Waals surface area (Å²) in [5, 5.41) is 8.68.